The van der Waals surface area contributed by atoms with Crippen molar-refractivity contribution >= 4 is 17.3 Å². The van der Waals surface area contributed by atoms with E-state index in [1.165, 1.54) is 4.88 Å². The van der Waals surface area contributed by atoms with Gasteiger partial charge in [-0.25, -0.2) is 0 Å². The van der Waals surface area contributed by atoms with Crippen molar-refractivity contribution in [2.24, 2.45) is 0 Å². The Hall–Kier alpha value is -0.870. The Balaban J connectivity index is 2.50. The highest BCUT2D eigenvalue weighted by molar-refractivity contribution is 7.12. The number of rotatable bonds is 5. The van der Waals surface area contributed by atoms with Crippen molar-refractivity contribution in [3.8, 4) is 0 Å². The molecule has 0 aromatic carbocycles. The number of carbonyl (C=O) groups is 1. The van der Waals surface area contributed by atoms with E-state index in [4.69, 9.17) is 5.11 Å². The van der Waals surface area contributed by atoms with Gasteiger partial charge in [-0.05, 0) is 38.3 Å². The molecule has 1 heterocycles. The van der Waals surface area contributed by atoms with Crippen molar-refractivity contribution in [2.45, 2.75) is 39.2 Å². The molecule has 0 radical (unpaired) electrons. The fourth-order valence-corrected chi connectivity index (χ4v) is 2.62. The predicted molar refractivity (Wildman–Crippen MR) is 60.2 cm³/mol. The molecule has 0 amide bonds. The van der Waals surface area contributed by atoms with Gasteiger partial charge in [0.15, 0.2) is 0 Å². The van der Waals surface area contributed by atoms with Crippen LogP contribution in [0.2, 0.25) is 0 Å². The van der Waals surface area contributed by atoms with Crippen LogP contribution in [0.3, 0.4) is 0 Å². The van der Waals surface area contributed by atoms with Gasteiger partial charge in [-0.1, -0.05) is 0 Å². The number of aliphatic hydroxyl groups excluding tert-OH is 1. The van der Waals surface area contributed by atoms with Gasteiger partial charge in [0.05, 0.1) is 6.10 Å². The molecule has 0 aliphatic rings. The van der Waals surface area contributed by atoms with Crippen molar-refractivity contribution in [1.29, 1.82) is 0 Å². The van der Waals surface area contributed by atoms with Crippen molar-refractivity contribution in [1.82, 2.24) is 0 Å². The van der Waals surface area contributed by atoms with Crippen LogP contribution in [0.1, 0.15) is 40.7 Å². The number of carboxylic acid groups (broad SMARTS) is 1. The standard InChI is InChI=1S/C11H16O3S/c1-7-6-8(2)15-11(7)9(12)4-3-5-10(13)14/h6,9,12H,3-5H2,1-2H3,(H,13,14). The first-order valence-corrected chi connectivity index (χ1v) is 5.79. The SMILES string of the molecule is Cc1cc(C)c(C(O)CCCC(=O)O)s1. The zero-order chi connectivity index (χ0) is 11.4. The van der Waals surface area contributed by atoms with E-state index in [-0.39, 0.29) is 6.42 Å². The van der Waals surface area contributed by atoms with Crippen LogP contribution in [0.5, 0.6) is 0 Å². The third-order valence-electron chi connectivity index (χ3n) is 2.25. The summed E-state index contributed by atoms with van der Waals surface area (Å²) in [5.74, 6) is -0.804. The van der Waals surface area contributed by atoms with Gasteiger partial charge in [0.1, 0.15) is 0 Å². The highest BCUT2D eigenvalue weighted by Gasteiger charge is 2.13. The third kappa shape index (κ3) is 3.64. The van der Waals surface area contributed by atoms with Crippen LogP contribution >= 0.6 is 11.3 Å². The average molecular weight is 228 g/mol. The Morgan fingerprint density at radius 2 is 2.20 bits per heavy atom. The minimum absolute atomic E-state index is 0.125. The summed E-state index contributed by atoms with van der Waals surface area (Å²) in [7, 11) is 0. The van der Waals surface area contributed by atoms with Crippen LogP contribution in [0, 0.1) is 13.8 Å². The summed E-state index contributed by atoms with van der Waals surface area (Å²) in [6, 6.07) is 2.04. The van der Waals surface area contributed by atoms with Crippen molar-refractivity contribution < 1.29 is 15.0 Å². The van der Waals surface area contributed by atoms with E-state index in [1.807, 2.05) is 19.9 Å². The topological polar surface area (TPSA) is 57.5 Å². The summed E-state index contributed by atoms with van der Waals surface area (Å²) in [5, 5.41) is 18.3. The molecule has 2 N–H and O–H groups in total. The van der Waals surface area contributed by atoms with Crippen LogP contribution in [-0.4, -0.2) is 16.2 Å². The van der Waals surface area contributed by atoms with Crippen LogP contribution in [0.15, 0.2) is 6.07 Å². The van der Waals surface area contributed by atoms with Crippen molar-refractivity contribution in [3.05, 3.63) is 21.4 Å². The molecule has 0 spiro atoms. The summed E-state index contributed by atoms with van der Waals surface area (Å²) in [6.45, 7) is 3.98. The smallest absolute Gasteiger partial charge is 0.303 e. The molecule has 0 aliphatic heterocycles. The normalized spacial score (nSPS) is 12.7. The molecule has 1 aromatic heterocycles. The van der Waals surface area contributed by atoms with Gasteiger partial charge < -0.3 is 10.2 Å². The summed E-state index contributed by atoms with van der Waals surface area (Å²) < 4.78 is 0. The molecule has 0 bridgehead atoms. The Kier molecular flexibility index (Phi) is 4.29. The molecule has 0 aliphatic carbocycles. The van der Waals surface area contributed by atoms with Gasteiger partial charge in [-0.2, -0.15) is 0 Å². The van der Waals surface area contributed by atoms with E-state index in [0.717, 1.165) is 10.4 Å². The van der Waals surface area contributed by atoms with Crippen LogP contribution < -0.4 is 0 Å². The minimum atomic E-state index is -0.804. The molecule has 0 saturated carbocycles. The number of aliphatic carboxylic acids is 1. The number of aryl methyl sites for hydroxylation is 2. The fourth-order valence-electron chi connectivity index (χ4n) is 1.57. The monoisotopic (exact) mass is 228 g/mol. The molecule has 15 heavy (non-hydrogen) atoms. The average Bonchev–Trinajstić information content (AvgIpc) is 2.44. The molecule has 1 atom stereocenters. The van der Waals surface area contributed by atoms with Crippen molar-refractivity contribution in [2.75, 3.05) is 0 Å². The number of carboxylic acids is 1. The molecule has 4 heteroatoms. The van der Waals surface area contributed by atoms with Gasteiger partial charge in [-0.3, -0.25) is 4.79 Å². The minimum Gasteiger partial charge on any atom is -0.481 e. The first kappa shape index (κ1) is 12.2. The maximum atomic E-state index is 10.3. The molecule has 1 unspecified atom stereocenters. The van der Waals surface area contributed by atoms with Gasteiger partial charge >= 0.3 is 5.97 Å². The molecular formula is C11H16O3S. The number of aliphatic hydroxyl groups is 1. The molecule has 1 aromatic rings. The lowest BCUT2D eigenvalue weighted by Gasteiger charge is -2.08. The second kappa shape index (κ2) is 5.28. The van der Waals surface area contributed by atoms with Gasteiger partial charge in [0, 0.05) is 16.2 Å². The largest absolute Gasteiger partial charge is 0.481 e. The van der Waals surface area contributed by atoms with Crippen LogP contribution in [0.4, 0.5) is 0 Å². The van der Waals surface area contributed by atoms with E-state index in [1.54, 1.807) is 11.3 Å². The molecule has 1 rings (SSSR count). The van der Waals surface area contributed by atoms with Crippen molar-refractivity contribution in [3.63, 3.8) is 0 Å². The second-order valence-electron chi connectivity index (χ2n) is 3.71. The van der Waals surface area contributed by atoms with Gasteiger partial charge in [-0.15, -0.1) is 11.3 Å². The maximum absolute atomic E-state index is 10.3. The molecule has 84 valence electrons. The summed E-state index contributed by atoms with van der Waals surface area (Å²) in [5.41, 5.74) is 1.10. The second-order valence-corrected chi connectivity index (χ2v) is 4.99. The number of thiophene rings is 1. The highest BCUT2D eigenvalue weighted by Crippen LogP contribution is 2.30. The third-order valence-corrected chi connectivity index (χ3v) is 3.50. The van der Waals surface area contributed by atoms with Gasteiger partial charge in [0.25, 0.3) is 0 Å². The van der Waals surface area contributed by atoms with E-state index >= 15 is 0 Å². The number of hydrogen-bond donors (Lipinski definition) is 2. The molecule has 0 fully saturated rings. The highest BCUT2D eigenvalue weighted by atomic mass is 32.1. The summed E-state index contributed by atoms with van der Waals surface area (Å²) in [6.07, 6.45) is 0.656. The number of hydrogen-bond acceptors (Lipinski definition) is 3. The first-order valence-electron chi connectivity index (χ1n) is 4.97. The lowest BCUT2D eigenvalue weighted by molar-refractivity contribution is -0.137. The van der Waals surface area contributed by atoms with E-state index in [9.17, 15) is 9.90 Å². The molecule has 3 nitrogen and oxygen atoms in total. The van der Waals surface area contributed by atoms with Gasteiger partial charge in [0.2, 0.25) is 0 Å². The maximum Gasteiger partial charge on any atom is 0.303 e. The quantitative estimate of drug-likeness (QED) is 0.814. The van der Waals surface area contributed by atoms with E-state index in [0.29, 0.717) is 12.8 Å². The Labute approximate surface area is 93.4 Å². The summed E-state index contributed by atoms with van der Waals surface area (Å²) in [4.78, 5) is 12.5. The molecule has 0 saturated heterocycles. The zero-order valence-electron chi connectivity index (χ0n) is 8.99. The van der Waals surface area contributed by atoms with E-state index in [2.05, 4.69) is 0 Å². The lowest BCUT2D eigenvalue weighted by Crippen LogP contribution is -1.99. The van der Waals surface area contributed by atoms with Crippen LogP contribution in [0.25, 0.3) is 0 Å². The fraction of sp³-hybridized carbons (Fsp3) is 0.545. The molecular weight excluding hydrogens is 212 g/mol. The summed E-state index contributed by atoms with van der Waals surface area (Å²) >= 11 is 1.58. The Morgan fingerprint density at radius 3 is 2.67 bits per heavy atom. The van der Waals surface area contributed by atoms with Crippen LogP contribution in [-0.2, 0) is 4.79 Å². The zero-order valence-corrected chi connectivity index (χ0v) is 9.80. The first-order chi connectivity index (χ1) is 7.00. The Bertz CT molecular complexity index is 344. The lowest BCUT2D eigenvalue weighted by atomic mass is 10.1. The van der Waals surface area contributed by atoms with E-state index < -0.39 is 12.1 Å². The predicted octanol–water partition coefficient (Wildman–Crippen LogP) is 2.65. The Morgan fingerprint density at radius 1 is 1.53 bits per heavy atom.